The molecule has 0 heterocycles. The number of benzene rings is 2. The normalized spacial score (nSPS) is 41.3. The van der Waals surface area contributed by atoms with Crippen LogP contribution in [0.1, 0.15) is 107 Å². The van der Waals surface area contributed by atoms with Gasteiger partial charge in [0, 0.05) is 24.0 Å². The van der Waals surface area contributed by atoms with Gasteiger partial charge in [0.1, 0.15) is 23.9 Å². The Labute approximate surface area is 352 Å². The van der Waals surface area contributed by atoms with E-state index < -0.39 is 17.5 Å². The highest BCUT2D eigenvalue weighted by Gasteiger charge is 2.59. The smallest absolute Gasteiger partial charge is 0.307 e. The molecule has 12 aliphatic rings. The first-order valence-corrected chi connectivity index (χ1v) is 22.0. The number of rotatable bonds is 8. The van der Waals surface area contributed by atoms with E-state index in [-0.39, 0.29) is 60.1 Å². The van der Waals surface area contributed by atoms with Gasteiger partial charge in [0.25, 0.3) is 0 Å². The number of hydrogen-bond acceptors (Lipinski definition) is 7. The van der Waals surface area contributed by atoms with E-state index in [9.17, 15) is 39.2 Å². The Kier molecular flexibility index (Phi) is 11.5. The Morgan fingerprint density at radius 1 is 0.678 bits per heavy atom. The molecular weight excluding hydrogens is 773 g/mol. The Hall–Kier alpha value is -3.47. The molecule has 2 aromatic carbocycles. The molecule has 0 radical (unpaired) electrons. The van der Waals surface area contributed by atoms with Crippen LogP contribution in [-0.2, 0) is 25.2 Å². The average molecular weight is 834 g/mol. The van der Waals surface area contributed by atoms with Crippen molar-refractivity contribution in [3.8, 4) is 11.5 Å². The predicted octanol–water partition coefficient (Wildman–Crippen LogP) is 8.38. The molecule has 11 heteroatoms. The predicted molar refractivity (Wildman–Crippen MR) is 222 cm³/mol. The van der Waals surface area contributed by atoms with Crippen molar-refractivity contribution in [3.05, 3.63) is 71.6 Å². The molecule has 0 aliphatic heterocycles. The second kappa shape index (κ2) is 16.1. The largest absolute Gasteiger partial charge is 0.508 e. The highest BCUT2D eigenvalue weighted by atomic mass is 35.5. The van der Waals surface area contributed by atoms with Crippen molar-refractivity contribution >= 4 is 30.1 Å². The lowest BCUT2D eigenvalue weighted by atomic mass is 9.45. The molecule has 6 N–H and O–H groups in total. The van der Waals surface area contributed by atoms with Crippen LogP contribution >= 0.6 is 12.4 Å². The van der Waals surface area contributed by atoms with E-state index in [2.05, 4.69) is 12.1 Å². The molecule has 2 aromatic rings. The van der Waals surface area contributed by atoms with E-state index in [1.165, 1.54) is 24.0 Å². The lowest BCUT2D eigenvalue weighted by molar-refractivity contribution is -0.161. The van der Waals surface area contributed by atoms with Gasteiger partial charge in [-0.1, -0.05) is 24.3 Å². The number of halogens is 2. The van der Waals surface area contributed by atoms with E-state index in [4.69, 9.17) is 10.5 Å². The SMILES string of the molecule is Cl.NC/C(=C\F)COc1ccc(C23CC4CC(C2)C(C(=O)O)C(C4)C3)cc1.O=C(O)C1C2CC3CC1CC(c1ccc(O)cc1)(C3)C2.O=C1C2CC3CC1CC(O)(C3)C2. The maximum atomic E-state index is 12.6. The quantitative estimate of drug-likeness (QED) is 0.176. The van der Waals surface area contributed by atoms with E-state index >= 15 is 0 Å². The van der Waals surface area contributed by atoms with Crippen molar-refractivity contribution in [2.24, 2.45) is 70.8 Å². The summed E-state index contributed by atoms with van der Waals surface area (Å²) >= 11 is 0. The summed E-state index contributed by atoms with van der Waals surface area (Å²) in [6.07, 6.45) is 15.9. The van der Waals surface area contributed by atoms with Crippen molar-refractivity contribution in [1.29, 1.82) is 0 Å². The summed E-state index contributed by atoms with van der Waals surface area (Å²) in [6, 6.07) is 15.7. The van der Waals surface area contributed by atoms with Gasteiger partial charge in [-0.2, -0.15) is 0 Å². The average Bonchev–Trinajstić information content (AvgIpc) is 3.16. The third-order valence-electron chi connectivity index (χ3n) is 16.9. The van der Waals surface area contributed by atoms with Gasteiger partial charge in [0.15, 0.2) is 0 Å². The lowest BCUT2D eigenvalue weighted by Crippen LogP contribution is -2.54. The van der Waals surface area contributed by atoms with E-state index in [0.29, 0.717) is 70.6 Å². The number of aromatic hydroxyl groups is 1. The summed E-state index contributed by atoms with van der Waals surface area (Å²) < 4.78 is 18.2. The molecule has 0 saturated heterocycles. The zero-order chi connectivity index (χ0) is 40.6. The molecular formula is C48H61ClFNO8. The fourth-order valence-corrected chi connectivity index (χ4v) is 15.3. The zero-order valence-corrected chi connectivity index (χ0v) is 34.7. The van der Waals surface area contributed by atoms with Crippen molar-refractivity contribution in [2.45, 2.75) is 113 Å². The minimum atomic E-state index is -0.602. The molecule has 12 bridgehead atoms. The standard InChI is InChI=1S/C21H26FNO3.C17H20O3.C10H14O2.ClH/c22-10-14(11-23)12-26-18-3-1-17(2-4-18)21-7-13-5-15(8-21)19(20(24)25)16(6-13)9-21;18-14-3-1-13(2-4-14)17-7-10-5-11(8-17)15(16(19)20)12(6-10)9-17;11-9-7-1-6-2-8(9)5-10(12,3-6)4-7;/h1-4,10,13,15-16,19H,5-9,11-12,23H2,(H,24,25);1-4,10-12,15,18H,5-9H2,(H,19,20);6-8,12H,1-5H2;1H/b14-10+;;;. The molecule has 12 saturated carbocycles. The van der Waals surface area contributed by atoms with E-state index in [1.54, 1.807) is 12.1 Å². The number of carbonyl (C=O) groups excluding carboxylic acids is 1. The van der Waals surface area contributed by atoms with Gasteiger partial charge in [-0.05, 0) is 184 Å². The Bertz CT molecular complexity index is 1880. The number of Topliss-reactive ketones (excluding diaryl/α,β-unsaturated/α-hetero) is 1. The maximum absolute atomic E-state index is 12.6. The van der Waals surface area contributed by atoms with Crippen LogP contribution in [0.2, 0.25) is 0 Å². The molecule has 0 amide bonds. The molecule has 0 aromatic heterocycles. The molecule has 12 fully saturated rings. The summed E-state index contributed by atoms with van der Waals surface area (Å²) in [5, 5.41) is 38.7. The number of nitrogens with two attached hydrogens (primary N) is 1. The van der Waals surface area contributed by atoms with Crippen LogP contribution in [0.4, 0.5) is 4.39 Å². The van der Waals surface area contributed by atoms with Crippen molar-refractivity contribution < 1.29 is 43.9 Å². The molecule has 14 rings (SSSR count). The van der Waals surface area contributed by atoms with E-state index in [0.717, 1.165) is 83.5 Å². The zero-order valence-electron chi connectivity index (χ0n) is 33.9. The number of aliphatic hydroxyl groups is 1. The summed E-state index contributed by atoms with van der Waals surface area (Å²) in [6.45, 7) is 0.302. The van der Waals surface area contributed by atoms with Gasteiger partial charge < -0.3 is 30.9 Å². The van der Waals surface area contributed by atoms with Crippen LogP contribution in [0.3, 0.4) is 0 Å². The van der Waals surface area contributed by atoms with Gasteiger partial charge in [0.2, 0.25) is 0 Å². The fraction of sp³-hybridized carbons (Fsp3) is 0.646. The number of phenolic OH excluding ortho intramolecular Hbond substituents is 1. The molecule has 0 spiro atoms. The van der Waals surface area contributed by atoms with Crippen LogP contribution in [0, 0.1) is 65.1 Å². The third kappa shape index (κ3) is 7.84. The number of hydrogen-bond donors (Lipinski definition) is 5. The summed E-state index contributed by atoms with van der Waals surface area (Å²) in [5.74, 6) is 3.83. The van der Waals surface area contributed by atoms with Gasteiger partial charge in [-0.3, -0.25) is 14.4 Å². The number of carbonyl (C=O) groups is 3. The monoisotopic (exact) mass is 833 g/mol. The Morgan fingerprint density at radius 2 is 1.10 bits per heavy atom. The first kappa shape index (κ1) is 42.2. The van der Waals surface area contributed by atoms with Gasteiger partial charge in [0.05, 0.1) is 23.8 Å². The number of ketones is 1. The topological polar surface area (TPSA) is 167 Å². The van der Waals surface area contributed by atoms with Crippen LogP contribution in [0.15, 0.2) is 60.4 Å². The minimum Gasteiger partial charge on any atom is -0.508 e. The molecule has 12 aliphatic carbocycles. The molecule has 59 heavy (non-hydrogen) atoms. The first-order chi connectivity index (χ1) is 27.8. The van der Waals surface area contributed by atoms with E-state index in [1.807, 2.05) is 24.3 Å². The Morgan fingerprint density at radius 3 is 1.49 bits per heavy atom. The lowest BCUT2D eigenvalue weighted by Gasteiger charge is -2.59. The number of ether oxygens (including phenoxy) is 1. The van der Waals surface area contributed by atoms with Crippen LogP contribution < -0.4 is 10.5 Å². The summed E-state index contributed by atoms with van der Waals surface area (Å²) in [4.78, 5) is 34.8. The highest BCUT2D eigenvalue weighted by Crippen LogP contribution is 2.64. The van der Waals surface area contributed by atoms with Crippen LogP contribution in [0.5, 0.6) is 11.5 Å². The van der Waals surface area contributed by atoms with Gasteiger partial charge in [-0.25, -0.2) is 4.39 Å². The highest BCUT2D eigenvalue weighted by molar-refractivity contribution is 5.86. The maximum Gasteiger partial charge on any atom is 0.307 e. The first-order valence-electron chi connectivity index (χ1n) is 22.0. The third-order valence-corrected chi connectivity index (χ3v) is 16.9. The molecule has 6 atom stereocenters. The second-order valence-electron chi connectivity index (χ2n) is 20.5. The van der Waals surface area contributed by atoms with Crippen molar-refractivity contribution in [1.82, 2.24) is 0 Å². The van der Waals surface area contributed by atoms with Gasteiger partial charge >= 0.3 is 11.9 Å². The second-order valence-corrected chi connectivity index (χ2v) is 20.5. The molecule has 6 unspecified atom stereocenters. The number of phenols is 1. The molecule has 9 nitrogen and oxygen atoms in total. The van der Waals surface area contributed by atoms with Crippen molar-refractivity contribution in [2.75, 3.05) is 13.2 Å². The number of carboxylic acids is 2. The van der Waals surface area contributed by atoms with Crippen molar-refractivity contribution in [3.63, 3.8) is 0 Å². The summed E-state index contributed by atoms with van der Waals surface area (Å²) in [5.41, 5.74) is 8.34. The van der Waals surface area contributed by atoms with Crippen LogP contribution in [-0.4, -0.2) is 56.9 Å². The Balaban J connectivity index is 0.000000130. The number of aliphatic carboxylic acids is 2. The van der Waals surface area contributed by atoms with Crippen LogP contribution in [0.25, 0.3) is 0 Å². The fourth-order valence-electron chi connectivity index (χ4n) is 15.3. The minimum absolute atomic E-state index is 0. The molecule has 320 valence electrons. The number of carboxylic acid groups (broad SMARTS) is 2. The summed E-state index contributed by atoms with van der Waals surface area (Å²) in [7, 11) is 0. The van der Waals surface area contributed by atoms with Gasteiger partial charge in [-0.15, -0.1) is 12.4 Å².